The second kappa shape index (κ2) is 34.4. The van der Waals surface area contributed by atoms with E-state index < -0.39 is 0 Å². The number of esters is 2. The second-order valence-electron chi connectivity index (χ2n) is 12.9. The Hall–Kier alpha value is -1.06. The third-order valence-electron chi connectivity index (χ3n) is 8.76. The highest BCUT2D eigenvalue weighted by Crippen LogP contribution is 2.18. The first-order valence-electron chi connectivity index (χ1n) is 19.0. The molecule has 4 nitrogen and oxygen atoms in total. The Kier molecular flexibility index (Phi) is 33.6. The molecular weight excluding hydrogens is 520 g/mol. The Bertz CT molecular complexity index is 561. The van der Waals surface area contributed by atoms with Crippen molar-refractivity contribution in [3.63, 3.8) is 0 Å². The molecule has 250 valence electrons. The van der Waals surface area contributed by atoms with E-state index in [-0.39, 0.29) is 17.9 Å². The molecule has 0 saturated carbocycles. The molecule has 0 aromatic carbocycles. The van der Waals surface area contributed by atoms with Crippen LogP contribution in [-0.4, -0.2) is 25.2 Å². The van der Waals surface area contributed by atoms with Gasteiger partial charge in [0.15, 0.2) is 0 Å². The van der Waals surface area contributed by atoms with Crippen LogP contribution in [0.4, 0.5) is 0 Å². The summed E-state index contributed by atoms with van der Waals surface area (Å²) in [7, 11) is 0. The van der Waals surface area contributed by atoms with Crippen molar-refractivity contribution in [2.75, 3.05) is 13.2 Å². The van der Waals surface area contributed by atoms with Crippen molar-refractivity contribution in [1.82, 2.24) is 0 Å². The van der Waals surface area contributed by atoms with Crippen molar-refractivity contribution < 1.29 is 19.1 Å². The van der Waals surface area contributed by atoms with Crippen molar-refractivity contribution in [3.8, 4) is 0 Å². The van der Waals surface area contributed by atoms with Crippen LogP contribution in [-0.2, 0) is 19.1 Å². The maximum Gasteiger partial charge on any atom is 0.308 e. The van der Waals surface area contributed by atoms with Crippen molar-refractivity contribution in [2.24, 2.45) is 5.92 Å². The maximum atomic E-state index is 12.4. The fourth-order valence-corrected chi connectivity index (χ4v) is 5.76. The lowest BCUT2D eigenvalue weighted by molar-refractivity contribution is -0.149. The number of carbonyl (C=O) groups excluding carboxylic acids is 2. The van der Waals surface area contributed by atoms with Gasteiger partial charge >= 0.3 is 11.9 Å². The van der Waals surface area contributed by atoms with Gasteiger partial charge in [0.2, 0.25) is 0 Å². The number of ether oxygens (including phenoxy) is 2. The highest BCUT2D eigenvalue weighted by Gasteiger charge is 2.17. The average molecular weight is 595 g/mol. The van der Waals surface area contributed by atoms with Crippen LogP contribution in [0.5, 0.6) is 0 Å². The summed E-state index contributed by atoms with van der Waals surface area (Å²) in [6.45, 7) is 7.82. The standard InChI is InChI=1S/C38H74O4/c1-4-7-9-11-26-30-34-41-37(39)33-29-25-23-21-19-17-15-13-14-16-18-20-22-24-28-32-36(6-3)38(40)42-35-31-27-12-10-8-5-2/h36H,4-35H2,1-3H3. The molecule has 0 saturated heterocycles. The van der Waals surface area contributed by atoms with Crippen LogP contribution in [0.3, 0.4) is 0 Å². The summed E-state index contributed by atoms with van der Waals surface area (Å²) in [5.41, 5.74) is 0. The van der Waals surface area contributed by atoms with E-state index in [4.69, 9.17) is 9.47 Å². The lowest BCUT2D eigenvalue weighted by Gasteiger charge is -2.14. The molecular formula is C38H74O4. The summed E-state index contributed by atoms with van der Waals surface area (Å²) < 4.78 is 10.9. The fourth-order valence-electron chi connectivity index (χ4n) is 5.76. The van der Waals surface area contributed by atoms with Gasteiger partial charge in [0.1, 0.15) is 0 Å². The minimum absolute atomic E-state index is 0.00428. The van der Waals surface area contributed by atoms with E-state index in [2.05, 4.69) is 20.8 Å². The van der Waals surface area contributed by atoms with Crippen molar-refractivity contribution in [2.45, 2.75) is 213 Å². The summed E-state index contributed by atoms with van der Waals surface area (Å²) >= 11 is 0. The Balaban J connectivity index is 3.35. The van der Waals surface area contributed by atoms with Crippen molar-refractivity contribution in [3.05, 3.63) is 0 Å². The van der Waals surface area contributed by atoms with Gasteiger partial charge in [0.05, 0.1) is 19.1 Å². The molecule has 0 spiro atoms. The lowest BCUT2D eigenvalue weighted by Crippen LogP contribution is -2.17. The molecule has 0 aliphatic heterocycles. The Morgan fingerprint density at radius 3 is 1.21 bits per heavy atom. The molecule has 0 aliphatic carbocycles. The fraction of sp³-hybridized carbons (Fsp3) is 0.947. The van der Waals surface area contributed by atoms with E-state index in [1.54, 1.807) is 0 Å². The predicted octanol–water partition coefficient (Wildman–Crippen LogP) is 12.5. The number of unbranched alkanes of at least 4 members (excludes halogenated alkanes) is 24. The molecule has 0 fully saturated rings. The van der Waals surface area contributed by atoms with E-state index in [9.17, 15) is 9.59 Å². The zero-order chi connectivity index (χ0) is 30.8. The smallest absolute Gasteiger partial charge is 0.308 e. The van der Waals surface area contributed by atoms with Crippen molar-refractivity contribution >= 4 is 11.9 Å². The SMILES string of the molecule is CCCCCCCCOC(=O)CCCCCCCCCCCCCCCCCC(CC)C(=O)OCCCCCCCC. The summed E-state index contributed by atoms with van der Waals surface area (Å²) in [6.07, 6.45) is 36.6. The van der Waals surface area contributed by atoms with Gasteiger partial charge in [-0.25, -0.2) is 0 Å². The Morgan fingerprint density at radius 2 is 0.786 bits per heavy atom. The highest BCUT2D eigenvalue weighted by atomic mass is 16.5. The van der Waals surface area contributed by atoms with Gasteiger partial charge in [0.25, 0.3) is 0 Å². The topological polar surface area (TPSA) is 52.6 Å². The van der Waals surface area contributed by atoms with Gasteiger partial charge in [-0.05, 0) is 32.1 Å². The van der Waals surface area contributed by atoms with Gasteiger partial charge in [-0.1, -0.05) is 175 Å². The number of hydrogen-bond acceptors (Lipinski definition) is 4. The minimum Gasteiger partial charge on any atom is -0.466 e. The molecule has 0 bridgehead atoms. The molecule has 4 heteroatoms. The largest absolute Gasteiger partial charge is 0.466 e. The summed E-state index contributed by atoms with van der Waals surface area (Å²) in [5.74, 6) is 0.153. The molecule has 0 amide bonds. The van der Waals surface area contributed by atoms with Gasteiger partial charge < -0.3 is 9.47 Å². The normalized spacial score (nSPS) is 12.0. The first-order valence-corrected chi connectivity index (χ1v) is 19.0. The molecule has 0 N–H and O–H groups in total. The third kappa shape index (κ3) is 30.4. The maximum absolute atomic E-state index is 12.4. The summed E-state index contributed by atoms with van der Waals surface area (Å²) in [4.78, 5) is 24.2. The number of carbonyl (C=O) groups is 2. The summed E-state index contributed by atoms with van der Waals surface area (Å²) in [6, 6.07) is 0. The van der Waals surface area contributed by atoms with Crippen LogP contribution in [0, 0.1) is 5.92 Å². The first-order chi connectivity index (χ1) is 20.7. The van der Waals surface area contributed by atoms with Crippen molar-refractivity contribution in [1.29, 1.82) is 0 Å². The zero-order valence-corrected chi connectivity index (χ0v) is 28.8. The molecule has 0 heterocycles. The number of rotatable bonds is 34. The molecule has 0 rings (SSSR count). The first kappa shape index (κ1) is 40.9. The Morgan fingerprint density at radius 1 is 0.429 bits per heavy atom. The molecule has 1 atom stereocenters. The molecule has 0 radical (unpaired) electrons. The quantitative estimate of drug-likeness (QED) is 0.0549. The molecule has 1 unspecified atom stereocenters. The molecule has 0 aromatic rings. The zero-order valence-electron chi connectivity index (χ0n) is 28.8. The van der Waals surface area contributed by atoms with E-state index in [0.29, 0.717) is 19.6 Å². The monoisotopic (exact) mass is 595 g/mol. The molecule has 0 aromatic heterocycles. The Labute approximate surface area is 263 Å². The van der Waals surface area contributed by atoms with Crippen LogP contribution in [0.1, 0.15) is 213 Å². The lowest BCUT2D eigenvalue weighted by atomic mass is 9.97. The van der Waals surface area contributed by atoms with E-state index >= 15 is 0 Å². The van der Waals surface area contributed by atoms with Crippen LogP contribution >= 0.6 is 0 Å². The van der Waals surface area contributed by atoms with E-state index in [1.165, 1.54) is 141 Å². The summed E-state index contributed by atoms with van der Waals surface area (Å²) in [5, 5.41) is 0. The predicted molar refractivity (Wildman–Crippen MR) is 181 cm³/mol. The second-order valence-corrected chi connectivity index (χ2v) is 12.9. The average Bonchev–Trinajstić information content (AvgIpc) is 2.99. The van der Waals surface area contributed by atoms with Crippen LogP contribution in [0.15, 0.2) is 0 Å². The van der Waals surface area contributed by atoms with Gasteiger partial charge in [-0.3, -0.25) is 9.59 Å². The number of hydrogen-bond donors (Lipinski definition) is 0. The van der Waals surface area contributed by atoms with Crippen LogP contribution in [0.25, 0.3) is 0 Å². The van der Waals surface area contributed by atoms with Crippen LogP contribution < -0.4 is 0 Å². The van der Waals surface area contributed by atoms with Gasteiger partial charge in [-0.2, -0.15) is 0 Å². The van der Waals surface area contributed by atoms with E-state index in [0.717, 1.165) is 44.9 Å². The van der Waals surface area contributed by atoms with Gasteiger partial charge in [0, 0.05) is 6.42 Å². The van der Waals surface area contributed by atoms with E-state index in [1.807, 2.05) is 0 Å². The highest BCUT2D eigenvalue weighted by molar-refractivity contribution is 5.72. The molecule has 42 heavy (non-hydrogen) atoms. The minimum atomic E-state index is 0.00428. The van der Waals surface area contributed by atoms with Crippen LogP contribution in [0.2, 0.25) is 0 Å². The third-order valence-corrected chi connectivity index (χ3v) is 8.76. The molecule has 0 aliphatic rings. The van der Waals surface area contributed by atoms with Gasteiger partial charge in [-0.15, -0.1) is 0 Å².